The molecule has 11 heavy (non-hydrogen) atoms. The van der Waals surface area contributed by atoms with Gasteiger partial charge >= 0.3 is 0 Å². The first kappa shape index (κ1) is 9.01. The first-order chi connectivity index (χ1) is 5.20. The second-order valence-electron chi connectivity index (χ2n) is 3.73. The molecule has 0 aromatic rings. The van der Waals surface area contributed by atoms with Crippen LogP contribution in [0.2, 0.25) is 0 Å². The maximum atomic E-state index is 9.64. The summed E-state index contributed by atoms with van der Waals surface area (Å²) in [6.07, 6.45) is 4.92. The second-order valence-corrected chi connectivity index (χ2v) is 3.73. The Morgan fingerprint density at radius 1 is 1.36 bits per heavy atom. The lowest BCUT2D eigenvalue weighted by Gasteiger charge is -2.34. The molecule has 0 saturated heterocycles. The smallest absolute Gasteiger partial charge is 0.0877 e. The van der Waals surface area contributed by atoms with Gasteiger partial charge in [-0.05, 0) is 31.6 Å². The Bertz CT molecular complexity index is 115. The fourth-order valence-corrected chi connectivity index (χ4v) is 1.78. The van der Waals surface area contributed by atoms with Gasteiger partial charge in [0.05, 0.1) is 12.2 Å². The minimum absolute atomic E-state index is 0.0660. The van der Waals surface area contributed by atoms with Gasteiger partial charge in [0.2, 0.25) is 0 Å². The minimum Gasteiger partial charge on any atom is -0.393 e. The number of hydrogen-bond acceptors (Lipinski definition) is 2. The van der Waals surface area contributed by atoms with E-state index in [1.54, 1.807) is 0 Å². The first-order valence-corrected chi connectivity index (χ1v) is 4.53. The van der Waals surface area contributed by atoms with Gasteiger partial charge in [-0.3, -0.25) is 0 Å². The van der Waals surface area contributed by atoms with Crippen molar-refractivity contribution < 1.29 is 10.2 Å². The average Bonchev–Trinajstić information content (AvgIpc) is 2.06. The standard InChI is InChI=1S/C9H18O2/c1-2-8-3-5-9(11,7-10)6-4-8/h8,10-11H,2-7H2,1H3/t8-,9+. The van der Waals surface area contributed by atoms with Gasteiger partial charge in [0.25, 0.3) is 0 Å². The molecule has 0 spiro atoms. The number of aliphatic hydroxyl groups excluding tert-OH is 1. The van der Waals surface area contributed by atoms with Crippen LogP contribution in [0.1, 0.15) is 39.0 Å². The van der Waals surface area contributed by atoms with Crippen molar-refractivity contribution in [3.63, 3.8) is 0 Å². The van der Waals surface area contributed by atoms with E-state index in [2.05, 4.69) is 6.92 Å². The molecule has 0 aliphatic heterocycles. The van der Waals surface area contributed by atoms with Gasteiger partial charge in [-0.15, -0.1) is 0 Å². The van der Waals surface area contributed by atoms with Gasteiger partial charge in [0, 0.05) is 0 Å². The summed E-state index contributed by atoms with van der Waals surface area (Å²) >= 11 is 0. The largest absolute Gasteiger partial charge is 0.393 e. The second kappa shape index (κ2) is 3.55. The average molecular weight is 158 g/mol. The Labute approximate surface area is 68.2 Å². The van der Waals surface area contributed by atoms with Gasteiger partial charge in [-0.25, -0.2) is 0 Å². The van der Waals surface area contributed by atoms with E-state index in [-0.39, 0.29) is 6.61 Å². The highest BCUT2D eigenvalue weighted by Gasteiger charge is 2.31. The van der Waals surface area contributed by atoms with Crippen LogP contribution in [0, 0.1) is 5.92 Å². The van der Waals surface area contributed by atoms with E-state index in [1.807, 2.05) is 0 Å². The van der Waals surface area contributed by atoms with E-state index < -0.39 is 5.60 Å². The molecule has 1 aliphatic rings. The minimum atomic E-state index is -0.744. The molecule has 1 aliphatic carbocycles. The van der Waals surface area contributed by atoms with Crippen LogP contribution in [0.25, 0.3) is 0 Å². The predicted molar refractivity (Wildman–Crippen MR) is 44.3 cm³/mol. The van der Waals surface area contributed by atoms with Gasteiger partial charge < -0.3 is 10.2 Å². The van der Waals surface area contributed by atoms with E-state index in [4.69, 9.17) is 5.11 Å². The lowest BCUT2D eigenvalue weighted by Crippen LogP contribution is -2.37. The molecule has 1 saturated carbocycles. The molecular formula is C9H18O2. The molecule has 2 nitrogen and oxygen atoms in total. The first-order valence-electron chi connectivity index (χ1n) is 4.53. The highest BCUT2D eigenvalue weighted by atomic mass is 16.3. The van der Waals surface area contributed by atoms with Crippen LogP contribution in [0.3, 0.4) is 0 Å². The van der Waals surface area contributed by atoms with Gasteiger partial charge in [-0.1, -0.05) is 13.3 Å². The zero-order chi connectivity index (χ0) is 8.32. The number of hydrogen-bond donors (Lipinski definition) is 2. The Morgan fingerprint density at radius 3 is 2.27 bits per heavy atom. The summed E-state index contributed by atoms with van der Waals surface area (Å²) < 4.78 is 0. The molecule has 0 amide bonds. The Hall–Kier alpha value is -0.0800. The summed E-state index contributed by atoms with van der Waals surface area (Å²) in [5.41, 5.74) is -0.744. The van der Waals surface area contributed by atoms with Crippen LogP contribution in [0.5, 0.6) is 0 Å². The Morgan fingerprint density at radius 2 is 1.91 bits per heavy atom. The fourth-order valence-electron chi connectivity index (χ4n) is 1.78. The van der Waals surface area contributed by atoms with Crippen molar-refractivity contribution in [1.82, 2.24) is 0 Å². The molecule has 1 rings (SSSR count). The molecule has 0 bridgehead atoms. The van der Waals surface area contributed by atoms with Crippen LogP contribution >= 0.6 is 0 Å². The van der Waals surface area contributed by atoms with E-state index in [9.17, 15) is 5.11 Å². The van der Waals surface area contributed by atoms with Crippen molar-refractivity contribution in [2.24, 2.45) is 5.92 Å². The molecule has 0 heterocycles. The summed E-state index contributed by atoms with van der Waals surface area (Å²) in [4.78, 5) is 0. The van der Waals surface area contributed by atoms with E-state index in [0.717, 1.165) is 31.6 Å². The monoisotopic (exact) mass is 158 g/mol. The lowest BCUT2D eigenvalue weighted by molar-refractivity contribution is -0.0519. The topological polar surface area (TPSA) is 40.5 Å². The highest BCUT2D eigenvalue weighted by Crippen LogP contribution is 2.32. The van der Waals surface area contributed by atoms with Crippen molar-refractivity contribution in [3.8, 4) is 0 Å². The van der Waals surface area contributed by atoms with Crippen molar-refractivity contribution in [2.75, 3.05) is 6.61 Å². The third-order valence-electron chi connectivity index (χ3n) is 2.91. The van der Waals surface area contributed by atoms with Gasteiger partial charge in [0.15, 0.2) is 0 Å². The Kier molecular flexibility index (Phi) is 2.90. The van der Waals surface area contributed by atoms with E-state index >= 15 is 0 Å². The third-order valence-corrected chi connectivity index (χ3v) is 2.91. The van der Waals surface area contributed by atoms with Crippen LogP contribution in [0.4, 0.5) is 0 Å². The fraction of sp³-hybridized carbons (Fsp3) is 1.00. The number of aliphatic hydroxyl groups is 2. The molecular weight excluding hydrogens is 140 g/mol. The molecule has 66 valence electrons. The predicted octanol–water partition coefficient (Wildman–Crippen LogP) is 1.31. The van der Waals surface area contributed by atoms with E-state index in [1.165, 1.54) is 6.42 Å². The molecule has 0 radical (unpaired) electrons. The SMILES string of the molecule is CC[C@H]1CC[C@](O)(CO)CC1. The van der Waals surface area contributed by atoms with Crippen LogP contribution in [-0.2, 0) is 0 Å². The van der Waals surface area contributed by atoms with Crippen molar-refractivity contribution in [2.45, 2.75) is 44.6 Å². The molecule has 0 unspecified atom stereocenters. The molecule has 0 aromatic carbocycles. The number of rotatable bonds is 2. The van der Waals surface area contributed by atoms with Crippen molar-refractivity contribution in [1.29, 1.82) is 0 Å². The van der Waals surface area contributed by atoms with Gasteiger partial charge in [-0.2, -0.15) is 0 Å². The third kappa shape index (κ3) is 2.17. The zero-order valence-corrected chi connectivity index (χ0v) is 7.21. The molecule has 2 N–H and O–H groups in total. The van der Waals surface area contributed by atoms with Crippen LogP contribution in [0.15, 0.2) is 0 Å². The van der Waals surface area contributed by atoms with Crippen LogP contribution in [-0.4, -0.2) is 22.4 Å². The molecule has 0 aromatic heterocycles. The quantitative estimate of drug-likeness (QED) is 0.636. The summed E-state index contributed by atoms with van der Waals surface area (Å²) in [6.45, 7) is 2.12. The van der Waals surface area contributed by atoms with Crippen molar-refractivity contribution in [3.05, 3.63) is 0 Å². The summed E-state index contributed by atoms with van der Waals surface area (Å²) in [7, 11) is 0. The zero-order valence-electron chi connectivity index (χ0n) is 7.21. The van der Waals surface area contributed by atoms with E-state index in [0.29, 0.717) is 0 Å². The highest BCUT2D eigenvalue weighted by molar-refractivity contribution is 4.84. The van der Waals surface area contributed by atoms with Crippen LogP contribution < -0.4 is 0 Å². The normalized spacial score (nSPS) is 39.0. The Balaban J connectivity index is 2.35. The molecule has 0 atom stereocenters. The maximum Gasteiger partial charge on any atom is 0.0877 e. The van der Waals surface area contributed by atoms with Crippen molar-refractivity contribution >= 4 is 0 Å². The summed E-state index contributed by atoms with van der Waals surface area (Å²) in [5, 5.41) is 18.5. The van der Waals surface area contributed by atoms with Gasteiger partial charge in [0.1, 0.15) is 0 Å². The molecule has 1 fully saturated rings. The summed E-state index contributed by atoms with van der Waals surface area (Å²) in [5.74, 6) is 0.779. The summed E-state index contributed by atoms with van der Waals surface area (Å²) in [6, 6.07) is 0. The maximum absolute atomic E-state index is 9.64. The lowest BCUT2D eigenvalue weighted by atomic mass is 9.78. The molecule has 2 heteroatoms.